The Morgan fingerprint density at radius 3 is 2.72 bits per heavy atom. The minimum absolute atomic E-state index is 0.124. The monoisotopic (exact) mass is 392 g/mol. The zero-order valence-electron chi connectivity index (χ0n) is 8.95. The highest BCUT2D eigenvalue weighted by Gasteiger charge is 2.13. The number of hydrogen-bond acceptors (Lipinski definition) is 3. The molecule has 94 valence electrons. The Labute approximate surface area is 124 Å². The standard InChI is InChI=1S/C12H7Br2FO2S/c13-8-2-1-7(15)5-11(8)17-6-10(16)12-9(14)3-4-18-12/h1-5H,6H2. The molecule has 0 radical (unpaired) electrons. The maximum Gasteiger partial charge on any atom is 0.211 e. The van der Waals surface area contributed by atoms with Gasteiger partial charge in [0.05, 0.1) is 9.35 Å². The second-order valence-corrected chi connectivity index (χ2v) is 6.01. The van der Waals surface area contributed by atoms with Gasteiger partial charge in [-0.2, -0.15) is 0 Å². The summed E-state index contributed by atoms with van der Waals surface area (Å²) in [7, 11) is 0. The molecule has 1 aromatic heterocycles. The quantitative estimate of drug-likeness (QED) is 0.705. The number of rotatable bonds is 4. The van der Waals surface area contributed by atoms with E-state index in [1.807, 2.05) is 5.38 Å². The Hall–Kier alpha value is -0.720. The lowest BCUT2D eigenvalue weighted by molar-refractivity contribution is 0.0924. The molecule has 0 atom stereocenters. The van der Waals surface area contributed by atoms with Crippen LogP contribution in [0.1, 0.15) is 9.67 Å². The highest BCUT2D eigenvalue weighted by atomic mass is 79.9. The van der Waals surface area contributed by atoms with Crippen molar-refractivity contribution in [2.45, 2.75) is 0 Å². The van der Waals surface area contributed by atoms with Gasteiger partial charge in [-0.15, -0.1) is 11.3 Å². The molecule has 0 bridgehead atoms. The summed E-state index contributed by atoms with van der Waals surface area (Å²) in [6.45, 7) is -0.124. The lowest BCUT2D eigenvalue weighted by Crippen LogP contribution is -2.11. The van der Waals surface area contributed by atoms with Crippen molar-refractivity contribution < 1.29 is 13.9 Å². The molecule has 6 heteroatoms. The highest BCUT2D eigenvalue weighted by Crippen LogP contribution is 2.27. The normalized spacial score (nSPS) is 10.4. The van der Waals surface area contributed by atoms with E-state index < -0.39 is 5.82 Å². The molecule has 0 amide bonds. The maximum absolute atomic E-state index is 13.0. The van der Waals surface area contributed by atoms with E-state index in [0.717, 1.165) is 4.47 Å². The van der Waals surface area contributed by atoms with E-state index in [4.69, 9.17) is 4.74 Å². The zero-order valence-corrected chi connectivity index (χ0v) is 12.9. The molecule has 2 rings (SSSR count). The van der Waals surface area contributed by atoms with E-state index in [1.165, 1.54) is 29.5 Å². The Balaban J connectivity index is 2.06. The van der Waals surface area contributed by atoms with Crippen molar-refractivity contribution in [2.75, 3.05) is 6.61 Å². The molecule has 1 heterocycles. The van der Waals surface area contributed by atoms with Crippen molar-refractivity contribution in [3.8, 4) is 5.75 Å². The van der Waals surface area contributed by atoms with Crippen LogP contribution < -0.4 is 4.74 Å². The summed E-state index contributed by atoms with van der Waals surface area (Å²) >= 11 is 7.86. The Morgan fingerprint density at radius 2 is 2.06 bits per heavy atom. The van der Waals surface area contributed by atoms with E-state index in [9.17, 15) is 9.18 Å². The molecule has 2 aromatic rings. The molecular weight excluding hydrogens is 387 g/mol. The van der Waals surface area contributed by atoms with Crippen molar-refractivity contribution in [1.82, 2.24) is 0 Å². The minimum Gasteiger partial charge on any atom is -0.484 e. The third kappa shape index (κ3) is 3.18. The number of Topliss-reactive ketones (excluding diaryl/α,β-unsaturated/α-hetero) is 1. The molecule has 1 aromatic carbocycles. The Morgan fingerprint density at radius 1 is 1.28 bits per heavy atom. The van der Waals surface area contributed by atoms with Gasteiger partial charge in [-0.3, -0.25) is 4.79 Å². The number of ketones is 1. The number of carbonyl (C=O) groups is 1. The smallest absolute Gasteiger partial charge is 0.211 e. The van der Waals surface area contributed by atoms with Gasteiger partial charge in [0.15, 0.2) is 6.61 Å². The van der Waals surface area contributed by atoms with Crippen molar-refractivity contribution in [1.29, 1.82) is 0 Å². The van der Waals surface area contributed by atoms with Crippen LogP contribution in [0.15, 0.2) is 38.6 Å². The summed E-state index contributed by atoms with van der Waals surface area (Å²) in [5.74, 6) is -0.234. The first-order chi connectivity index (χ1) is 8.58. The van der Waals surface area contributed by atoms with Gasteiger partial charge in [-0.05, 0) is 55.4 Å². The molecule has 0 fully saturated rings. The third-order valence-electron chi connectivity index (χ3n) is 2.12. The summed E-state index contributed by atoms with van der Waals surface area (Å²) < 4.78 is 19.7. The largest absolute Gasteiger partial charge is 0.484 e. The van der Waals surface area contributed by atoms with Crippen LogP contribution >= 0.6 is 43.2 Å². The van der Waals surface area contributed by atoms with Crippen LogP contribution in [0, 0.1) is 5.82 Å². The fourth-order valence-corrected chi connectivity index (χ4v) is 3.17. The predicted molar refractivity (Wildman–Crippen MR) is 75.9 cm³/mol. The molecule has 0 saturated carbocycles. The van der Waals surface area contributed by atoms with E-state index in [1.54, 1.807) is 6.07 Å². The van der Waals surface area contributed by atoms with Crippen LogP contribution in [0.4, 0.5) is 4.39 Å². The van der Waals surface area contributed by atoms with Gasteiger partial charge in [-0.25, -0.2) is 4.39 Å². The third-order valence-corrected chi connectivity index (χ3v) is 4.66. The van der Waals surface area contributed by atoms with E-state index in [0.29, 0.717) is 15.1 Å². The first kappa shape index (κ1) is 13.7. The fraction of sp³-hybridized carbons (Fsp3) is 0.0833. The molecule has 0 N–H and O–H groups in total. The maximum atomic E-state index is 13.0. The highest BCUT2D eigenvalue weighted by molar-refractivity contribution is 9.11. The van der Waals surface area contributed by atoms with Gasteiger partial charge < -0.3 is 4.74 Å². The van der Waals surface area contributed by atoms with Gasteiger partial charge in [0.2, 0.25) is 5.78 Å². The van der Waals surface area contributed by atoms with Crippen LogP contribution in [0.2, 0.25) is 0 Å². The zero-order chi connectivity index (χ0) is 13.1. The predicted octanol–water partition coefficient (Wildman–Crippen LogP) is 4.67. The summed E-state index contributed by atoms with van der Waals surface area (Å²) in [5, 5.41) is 1.81. The van der Waals surface area contributed by atoms with Crippen molar-refractivity contribution in [2.24, 2.45) is 0 Å². The Kier molecular flexibility index (Phi) is 4.53. The molecule has 0 saturated heterocycles. The molecule has 0 aliphatic heterocycles. The topological polar surface area (TPSA) is 26.3 Å². The van der Waals surface area contributed by atoms with Crippen LogP contribution in [-0.4, -0.2) is 12.4 Å². The average molecular weight is 394 g/mol. The summed E-state index contributed by atoms with van der Waals surface area (Å²) in [6, 6.07) is 5.89. The second-order valence-electron chi connectivity index (χ2n) is 3.38. The lowest BCUT2D eigenvalue weighted by atomic mass is 10.3. The molecule has 0 spiro atoms. The van der Waals surface area contributed by atoms with Crippen molar-refractivity contribution in [3.63, 3.8) is 0 Å². The number of halogens is 3. The number of carbonyl (C=O) groups excluding carboxylic acids is 1. The van der Waals surface area contributed by atoms with E-state index in [-0.39, 0.29) is 12.4 Å². The SMILES string of the molecule is O=C(COc1cc(F)ccc1Br)c1sccc1Br. The number of thiophene rings is 1. The Bertz CT molecular complexity index is 583. The van der Waals surface area contributed by atoms with Crippen molar-refractivity contribution in [3.05, 3.63) is 49.3 Å². The van der Waals surface area contributed by atoms with Gasteiger partial charge in [0.25, 0.3) is 0 Å². The summed E-state index contributed by atoms with van der Waals surface area (Å²) in [5.41, 5.74) is 0. The van der Waals surface area contributed by atoms with Gasteiger partial charge in [0.1, 0.15) is 11.6 Å². The van der Waals surface area contributed by atoms with Crippen LogP contribution in [0.3, 0.4) is 0 Å². The van der Waals surface area contributed by atoms with Crippen LogP contribution in [0.5, 0.6) is 5.75 Å². The summed E-state index contributed by atoms with van der Waals surface area (Å²) in [6.07, 6.45) is 0. The lowest BCUT2D eigenvalue weighted by Gasteiger charge is -2.07. The molecule has 0 unspecified atom stereocenters. The van der Waals surface area contributed by atoms with Crippen LogP contribution in [-0.2, 0) is 0 Å². The van der Waals surface area contributed by atoms with Gasteiger partial charge in [0, 0.05) is 10.5 Å². The molecule has 2 nitrogen and oxygen atoms in total. The minimum atomic E-state index is -0.405. The fourth-order valence-electron chi connectivity index (χ4n) is 1.29. The first-order valence-electron chi connectivity index (χ1n) is 4.92. The first-order valence-corrected chi connectivity index (χ1v) is 7.38. The summed E-state index contributed by atoms with van der Waals surface area (Å²) in [4.78, 5) is 12.4. The van der Waals surface area contributed by atoms with E-state index >= 15 is 0 Å². The number of benzene rings is 1. The number of ether oxygens (including phenoxy) is 1. The van der Waals surface area contributed by atoms with Crippen molar-refractivity contribution >= 4 is 49.0 Å². The molecule has 0 aliphatic rings. The molecular formula is C12H7Br2FO2S. The number of hydrogen-bond donors (Lipinski definition) is 0. The van der Waals surface area contributed by atoms with Gasteiger partial charge >= 0.3 is 0 Å². The second kappa shape index (κ2) is 5.95. The molecule has 0 aliphatic carbocycles. The van der Waals surface area contributed by atoms with E-state index in [2.05, 4.69) is 31.9 Å². The van der Waals surface area contributed by atoms with Crippen LogP contribution in [0.25, 0.3) is 0 Å². The average Bonchev–Trinajstić information content (AvgIpc) is 2.76. The van der Waals surface area contributed by atoms with Gasteiger partial charge in [-0.1, -0.05) is 0 Å². The molecule has 18 heavy (non-hydrogen) atoms.